The third-order valence-corrected chi connectivity index (χ3v) is 5.55. The second kappa shape index (κ2) is 21.0. The summed E-state index contributed by atoms with van der Waals surface area (Å²) in [5.74, 6) is 0.950. The lowest BCUT2D eigenvalue weighted by Crippen LogP contribution is -1.98. The van der Waals surface area contributed by atoms with Crippen LogP contribution >= 0.6 is 0 Å². The molecule has 0 aliphatic heterocycles. The Morgan fingerprint density at radius 1 is 0.458 bits per heavy atom. The first-order valence-corrected chi connectivity index (χ1v) is 11.4. The summed E-state index contributed by atoms with van der Waals surface area (Å²) in [7, 11) is 0. The van der Waals surface area contributed by atoms with E-state index in [1.165, 1.54) is 116 Å². The minimum Gasteiger partial charge on any atom is -0.0651 e. The Labute approximate surface area is 155 Å². The summed E-state index contributed by atoms with van der Waals surface area (Å²) in [5.41, 5.74) is 0. The van der Waals surface area contributed by atoms with Gasteiger partial charge in [0.25, 0.3) is 0 Å². The van der Waals surface area contributed by atoms with Crippen LogP contribution in [0.4, 0.5) is 0 Å². The molecule has 0 amide bonds. The molecule has 0 spiro atoms. The predicted octanol–water partition coefficient (Wildman–Crippen LogP) is 9.09. The molecular formula is C24H48. The topological polar surface area (TPSA) is 0 Å². The maximum absolute atomic E-state index is 4.00. The summed E-state index contributed by atoms with van der Waals surface area (Å²) in [4.78, 5) is 0. The molecule has 0 N–H and O–H groups in total. The zero-order valence-corrected chi connectivity index (χ0v) is 17.1. The van der Waals surface area contributed by atoms with Gasteiger partial charge in [-0.1, -0.05) is 149 Å². The molecular weight excluding hydrogens is 288 g/mol. The average molecular weight is 337 g/mol. The van der Waals surface area contributed by atoms with Gasteiger partial charge in [0, 0.05) is 0 Å². The third-order valence-electron chi connectivity index (χ3n) is 5.55. The largest absolute Gasteiger partial charge is 0.0651 e. The van der Waals surface area contributed by atoms with E-state index in [-0.39, 0.29) is 0 Å². The number of hydrogen-bond donors (Lipinski definition) is 0. The van der Waals surface area contributed by atoms with Crippen LogP contribution in [0.15, 0.2) is 0 Å². The predicted molar refractivity (Wildman–Crippen MR) is 112 cm³/mol. The van der Waals surface area contributed by atoms with E-state index in [2.05, 4.69) is 20.8 Å². The quantitative estimate of drug-likeness (QED) is 0.194. The Morgan fingerprint density at radius 2 is 0.833 bits per heavy atom. The Morgan fingerprint density at radius 3 is 1.17 bits per heavy atom. The lowest BCUT2D eigenvalue weighted by Gasteiger charge is -2.12. The SMILES string of the molecule is [CH2]CCCCCCCCCCCCCCCCCC(CC)CC[CH2]. The molecule has 144 valence electrons. The van der Waals surface area contributed by atoms with Crippen LogP contribution < -0.4 is 0 Å². The normalized spacial score (nSPS) is 12.6. The van der Waals surface area contributed by atoms with E-state index >= 15 is 0 Å². The molecule has 0 aromatic carbocycles. The van der Waals surface area contributed by atoms with Crippen molar-refractivity contribution < 1.29 is 0 Å². The Kier molecular flexibility index (Phi) is 21.0. The first-order valence-electron chi connectivity index (χ1n) is 11.4. The minimum absolute atomic E-state index is 0.950. The van der Waals surface area contributed by atoms with Crippen LogP contribution in [0.1, 0.15) is 135 Å². The van der Waals surface area contributed by atoms with Crippen molar-refractivity contribution in [2.24, 2.45) is 5.92 Å². The molecule has 0 heterocycles. The van der Waals surface area contributed by atoms with Crippen LogP contribution in [0.5, 0.6) is 0 Å². The van der Waals surface area contributed by atoms with Crippen LogP contribution in [0.3, 0.4) is 0 Å². The second-order valence-electron chi connectivity index (χ2n) is 7.86. The van der Waals surface area contributed by atoms with Crippen LogP contribution in [-0.2, 0) is 0 Å². The molecule has 0 bridgehead atoms. The first-order chi connectivity index (χ1) is 11.8. The fraction of sp³-hybridized carbons (Fsp3) is 0.917. The minimum atomic E-state index is 0.950. The standard InChI is InChI=1S/C24H48/c1-4-7-8-9-10-11-12-13-14-15-16-17-18-19-20-21-23-24(6-3)22-5-2/h24H,1-2,4-23H2,3H3. The lowest BCUT2D eigenvalue weighted by atomic mass is 9.94. The summed E-state index contributed by atoms with van der Waals surface area (Å²) in [6.45, 7) is 10.2. The fourth-order valence-electron chi connectivity index (χ4n) is 3.75. The van der Waals surface area contributed by atoms with Gasteiger partial charge < -0.3 is 0 Å². The van der Waals surface area contributed by atoms with Crippen molar-refractivity contribution in [2.75, 3.05) is 0 Å². The highest BCUT2D eigenvalue weighted by Gasteiger charge is 2.04. The molecule has 0 nitrogen and oxygen atoms in total. The van der Waals surface area contributed by atoms with Crippen LogP contribution in [-0.4, -0.2) is 0 Å². The van der Waals surface area contributed by atoms with Gasteiger partial charge in [0.2, 0.25) is 0 Å². The highest BCUT2D eigenvalue weighted by Crippen LogP contribution is 2.19. The number of unbranched alkanes of at least 4 members (excludes halogenated alkanes) is 15. The summed E-state index contributed by atoms with van der Waals surface area (Å²) in [6, 6.07) is 0. The smallest absolute Gasteiger partial charge is 0.0417 e. The molecule has 24 heavy (non-hydrogen) atoms. The highest BCUT2D eigenvalue weighted by atomic mass is 14.1. The van der Waals surface area contributed by atoms with Gasteiger partial charge in [-0.05, 0) is 5.92 Å². The fourth-order valence-corrected chi connectivity index (χ4v) is 3.75. The van der Waals surface area contributed by atoms with Crippen molar-refractivity contribution >= 4 is 0 Å². The van der Waals surface area contributed by atoms with E-state index in [9.17, 15) is 0 Å². The van der Waals surface area contributed by atoms with E-state index in [1.54, 1.807) is 0 Å². The van der Waals surface area contributed by atoms with Crippen LogP contribution in [0.2, 0.25) is 0 Å². The maximum Gasteiger partial charge on any atom is -0.0417 e. The lowest BCUT2D eigenvalue weighted by molar-refractivity contribution is 0.413. The van der Waals surface area contributed by atoms with E-state index in [1.807, 2.05) is 0 Å². The Bertz CT molecular complexity index is 208. The monoisotopic (exact) mass is 336 g/mol. The van der Waals surface area contributed by atoms with E-state index in [4.69, 9.17) is 0 Å². The van der Waals surface area contributed by atoms with Gasteiger partial charge in [0.15, 0.2) is 0 Å². The number of rotatable bonds is 20. The summed E-state index contributed by atoms with van der Waals surface area (Å²) in [6.07, 6.45) is 28.1. The van der Waals surface area contributed by atoms with Gasteiger partial charge in [-0.3, -0.25) is 0 Å². The van der Waals surface area contributed by atoms with Crippen molar-refractivity contribution in [1.29, 1.82) is 0 Å². The molecule has 0 aliphatic rings. The van der Waals surface area contributed by atoms with Gasteiger partial charge in [0.1, 0.15) is 0 Å². The molecule has 0 heteroatoms. The molecule has 0 aromatic rings. The third kappa shape index (κ3) is 18.3. The maximum atomic E-state index is 4.00. The summed E-state index contributed by atoms with van der Waals surface area (Å²) < 4.78 is 0. The Hall–Kier alpha value is 0. The zero-order valence-electron chi connectivity index (χ0n) is 17.1. The molecule has 1 atom stereocenters. The number of hydrogen-bond acceptors (Lipinski definition) is 0. The van der Waals surface area contributed by atoms with Crippen LogP contribution in [0, 0.1) is 19.8 Å². The van der Waals surface area contributed by atoms with Gasteiger partial charge in [0.05, 0.1) is 0 Å². The zero-order chi connectivity index (χ0) is 17.7. The van der Waals surface area contributed by atoms with E-state index < -0.39 is 0 Å². The first kappa shape index (κ1) is 24.0. The molecule has 0 saturated carbocycles. The molecule has 0 rings (SSSR count). The van der Waals surface area contributed by atoms with Gasteiger partial charge >= 0.3 is 0 Å². The van der Waals surface area contributed by atoms with Gasteiger partial charge in [-0.25, -0.2) is 0 Å². The molecule has 1 unspecified atom stereocenters. The molecule has 0 aliphatic carbocycles. The van der Waals surface area contributed by atoms with E-state index in [0.29, 0.717) is 0 Å². The van der Waals surface area contributed by atoms with Crippen molar-refractivity contribution in [2.45, 2.75) is 135 Å². The Balaban J connectivity index is 3.07. The van der Waals surface area contributed by atoms with Crippen LogP contribution in [0.25, 0.3) is 0 Å². The summed E-state index contributed by atoms with van der Waals surface area (Å²) >= 11 is 0. The summed E-state index contributed by atoms with van der Waals surface area (Å²) in [5, 5.41) is 0. The van der Waals surface area contributed by atoms with Crippen molar-refractivity contribution in [3.8, 4) is 0 Å². The van der Waals surface area contributed by atoms with Crippen molar-refractivity contribution in [3.05, 3.63) is 13.8 Å². The van der Waals surface area contributed by atoms with E-state index in [0.717, 1.165) is 18.8 Å². The molecule has 0 fully saturated rings. The van der Waals surface area contributed by atoms with Crippen molar-refractivity contribution in [3.63, 3.8) is 0 Å². The van der Waals surface area contributed by atoms with Gasteiger partial charge in [-0.15, -0.1) is 0 Å². The molecule has 0 aromatic heterocycles. The van der Waals surface area contributed by atoms with Crippen molar-refractivity contribution in [1.82, 2.24) is 0 Å². The average Bonchev–Trinajstić information content (AvgIpc) is 2.60. The molecule has 0 saturated heterocycles. The highest BCUT2D eigenvalue weighted by molar-refractivity contribution is 4.59. The molecule has 2 radical (unpaired) electrons. The van der Waals surface area contributed by atoms with Gasteiger partial charge in [-0.2, -0.15) is 0 Å². The second-order valence-corrected chi connectivity index (χ2v) is 7.86.